The molecule has 17 heavy (non-hydrogen) atoms. The monoisotopic (exact) mass is 242 g/mol. The number of hydrogen-bond acceptors (Lipinski definition) is 5. The van der Waals surface area contributed by atoms with Crippen molar-refractivity contribution < 1.29 is 19.2 Å². The van der Waals surface area contributed by atoms with E-state index in [4.69, 9.17) is 4.74 Å². The number of nitrogens with zero attached hydrogens (tertiary/aromatic N) is 1. The van der Waals surface area contributed by atoms with Crippen LogP contribution in [0.15, 0.2) is 18.2 Å². The zero-order valence-corrected chi connectivity index (χ0v) is 8.85. The van der Waals surface area contributed by atoms with Crippen molar-refractivity contribution >= 4 is 11.4 Å². The normalized spacial score (nSPS) is 17.3. The van der Waals surface area contributed by atoms with Crippen LogP contribution in [0.25, 0.3) is 0 Å². The predicted molar refractivity (Wildman–Crippen MR) is 57.3 cm³/mol. The minimum Gasteiger partial charge on any atom is -0.383 e. The van der Waals surface area contributed by atoms with Gasteiger partial charge in [-0.05, 0) is 6.07 Å². The fourth-order valence-corrected chi connectivity index (χ4v) is 1.51. The minimum atomic E-state index is -1.03. The molecule has 0 amide bonds. The molecule has 6 nitrogen and oxygen atoms in total. The topological polar surface area (TPSA) is 84.6 Å². The van der Waals surface area contributed by atoms with Crippen molar-refractivity contribution in [1.82, 2.24) is 0 Å². The van der Waals surface area contributed by atoms with E-state index >= 15 is 0 Å². The van der Waals surface area contributed by atoms with Crippen LogP contribution in [0.1, 0.15) is 0 Å². The number of benzene rings is 1. The second-order valence-corrected chi connectivity index (χ2v) is 3.99. The van der Waals surface area contributed by atoms with Crippen LogP contribution in [0.4, 0.5) is 15.8 Å². The SMILES string of the molecule is O=[N+]([O-])c1ccc(F)cc1NCC1(O)COC1. The van der Waals surface area contributed by atoms with Crippen molar-refractivity contribution in [2.45, 2.75) is 5.60 Å². The molecule has 7 heteroatoms. The molecule has 0 bridgehead atoms. The van der Waals surface area contributed by atoms with E-state index in [1.165, 1.54) is 0 Å². The number of aliphatic hydroxyl groups is 1. The number of rotatable bonds is 4. The van der Waals surface area contributed by atoms with Gasteiger partial charge in [-0.25, -0.2) is 4.39 Å². The summed E-state index contributed by atoms with van der Waals surface area (Å²) in [5, 5.41) is 23.1. The fraction of sp³-hybridized carbons (Fsp3) is 0.400. The van der Waals surface area contributed by atoms with Gasteiger partial charge in [0.25, 0.3) is 5.69 Å². The molecule has 0 unspecified atom stereocenters. The molecule has 1 heterocycles. The summed E-state index contributed by atoms with van der Waals surface area (Å²) in [6.45, 7) is 0.420. The van der Waals surface area contributed by atoms with E-state index in [1.807, 2.05) is 0 Å². The Kier molecular flexibility index (Phi) is 2.95. The van der Waals surface area contributed by atoms with Gasteiger partial charge < -0.3 is 15.2 Å². The summed E-state index contributed by atoms with van der Waals surface area (Å²) in [6.07, 6.45) is 0. The standard InChI is InChI=1S/C10H11FN2O4/c11-7-1-2-9(13(15)16)8(3-7)12-4-10(14)5-17-6-10/h1-3,12,14H,4-6H2. The van der Waals surface area contributed by atoms with Crippen LogP contribution < -0.4 is 5.32 Å². The molecule has 2 rings (SSSR count). The molecule has 0 aliphatic carbocycles. The first-order valence-electron chi connectivity index (χ1n) is 4.98. The number of nitro groups is 1. The van der Waals surface area contributed by atoms with Gasteiger partial charge in [0, 0.05) is 18.7 Å². The third-order valence-corrected chi connectivity index (χ3v) is 2.50. The van der Waals surface area contributed by atoms with E-state index in [1.54, 1.807) is 0 Å². The van der Waals surface area contributed by atoms with Gasteiger partial charge in [0.2, 0.25) is 0 Å². The van der Waals surface area contributed by atoms with E-state index in [9.17, 15) is 19.6 Å². The fourth-order valence-electron chi connectivity index (χ4n) is 1.51. The molecule has 1 aliphatic rings. The molecule has 1 fully saturated rings. The Labute approximate surface area is 96.2 Å². The van der Waals surface area contributed by atoms with Crippen LogP contribution in [0.2, 0.25) is 0 Å². The lowest BCUT2D eigenvalue weighted by Crippen LogP contribution is -2.54. The maximum Gasteiger partial charge on any atom is 0.292 e. The number of nitro benzene ring substituents is 1. The quantitative estimate of drug-likeness (QED) is 0.605. The van der Waals surface area contributed by atoms with Crippen LogP contribution in [0.3, 0.4) is 0 Å². The number of anilines is 1. The molecule has 0 spiro atoms. The highest BCUT2D eigenvalue weighted by Crippen LogP contribution is 2.26. The summed E-state index contributed by atoms with van der Waals surface area (Å²) >= 11 is 0. The number of ether oxygens (including phenoxy) is 1. The summed E-state index contributed by atoms with van der Waals surface area (Å²) in [7, 11) is 0. The number of hydrogen-bond donors (Lipinski definition) is 2. The molecule has 1 aliphatic heterocycles. The van der Waals surface area contributed by atoms with Gasteiger partial charge in [0.1, 0.15) is 17.1 Å². The summed E-state index contributed by atoms with van der Waals surface area (Å²) in [5.41, 5.74) is -1.20. The lowest BCUT2D eigenvalue weighted by atomic mass is 10.0. The molecule has 0 saturated carbocycles. The van der Waals surface area contributed by atoms with Crippen molar-refractivity contribution in [1.29, 1.82) is 0 Å². The van der Waals surface area contributed by atoms with E-state index in [-0.39, 0.29) is 31.1 Å². The average Bonchev–Trinajstić information content (AvgIpc) is 2.23. The Hall–Kier alpha value is -1.73. The Balaban J connectivity index is 2.13. The molecular weight excluding hydrogens is 231 g/mol. The zero-order chi connectivity index (χ0) is 12.5. The number of halogens is 1. The first-order valence-corrected chi connectivity index (χ1v) is 4.98. The first-order chi connectivity index (χ1) is 8.00. The molecular formula is C10H11FN2O4. The van der Waals surface area contributed by atoms with E-state index in [0.717, 1.165) is 18.2 Å². The molecule has 0 aromatic heterocycles. The van der Waals surface area contributed by atoms with Crippen molar-refractivity contribution in [3.05, 3.63) is 34.1 Å². The lowest BCUT2D eigenvalue weighted by molar-refractivity contribution is -0.384. The van der Waals surface area contributed by atoms with E-state index < -0.39 is 16.3 Å². The second-order valence-electron chi connectivity index (χ2n) is 3.99. The van der Waals surface area contributed by atoms with Gasteiger partial charge in [-0.15, -0.1) is 0 Å². The van der Waals surface area contributed by atoms with Crippen molar-refractivity contribution in [3.63, 3.8) is 0 Å². The van der Waals surface area contributed by atoms with Crippen LogP contribution in [0.5, 0.6) is 0 Å². The van der Waals surface area contributed by atoms with Crippen LogP contribution in [0, 0.1) is 15.9 Å². The summed E-state index contributed by atoms with van der Waals surface area (Å²) in [6, 6.07) is 3.13. The smallest absolute Gasteiger partial charge is 0.292 e. The molecule has 1 saturated heterocycles. The van der Waals surface area contributed by atoms with E-state index in [0.29, 0.717) is 0 Å². The van der Waals surface area contributed by atoms with Gasteiger partial charge in [-0.1, -0.05) is 0 Å². The minimum absolute atomic E-state index is 0.0512. The largest absolute Gasteiger partial charge is 0.383 e. The highest BCUT2D eigenvalue weighted by Gasteiger charge is 2.36. The molecule has 2 N–H and O–H groups in total. The van der Waals surface area contributed by atoms with Gasteiger partial charge >= 0.3 is 0 Å². The van der Waals surface area contributed by atoms with Gasteiger partial charge in [-0.2, -0.15) is 0 Å². The molecule has 1 aromatic carbocycles. The Morgan fingerprint density at radius 1 is 1.59 bits per heavy atom. The second kappa shape index (κ2) is 4.27. The maximum atomic E-state index is 13.0. The summed E-state index contributed by atoms with van der Waals surface area (Å²) in [5.74, 6) is -0.574. The first kappa shape index (κ1) is 11.7. The van der Waals surface area contributed by atoms with Crippen molar-refractivity contribution in [2.75, 3.05) is 25.1 Å². The van der Waals surface area contributed by atoms with Crippen LogP contribution >= 0.6 is 0 Å². The van der Waals surface area contributed by atoms with Gasteiger partial charge in [0.15, 0.2) is 0 Å². The third kappa shape index (κ3) is 2.51. The Morgan fingerprint density at radius 3 is 2.82 bits per heavy atom. The summed E-state index contributed by atoms with van der Waals surface area (Å²) < 4.78 is 17.8. The van der Waals surface area contributed by atoms with Gasteiger partial charge in [-0.3, -0.25) is 10.1 Å². The molecule has 0 atom stereocenters. The highest BCUT2D eigenvalue weighted by atomic mass is 19.1. The molecule has 0 radical (unpaired) electrons. The Bertz CT molecular complexity index is 448. The predicted octanol–water partition coefficient (Wildman–Crippen LogP) is 0.907. The highest BCUT2D eigenvalue weighted by molar-refractivity contribution is 5.61. The lowest BCUT2D eigenvalue weighted by Gasteiger charge is -2.36. The van der Waals surface area contributed by atoms with Crippen molar-refractivity contribution in [3.8, 4) is 0 Å². The number of nitrogens with one attached hydrogen (secondary N) is 1. The third-order valence-electron chi connectivity index (χ3n) is 2.50. The van der Waals surface area contributed by atoms with Crippen molar-refractivity contribution in [2.24, 2.45) is 0 Å². The van der Waals surface area contributed by atoms with Crippen LogP contribution in [-0.2, 0) is 4.74 Å². The zero-order valence-electron chi connectivity index (χ0n) is 8.85. The summed E-state index contributed by atoms with van der Waals surface area (Å²) in [4.78, 5) is 10.1. The molecule has 1 aromatic rings. The van der Waals surface area contributed by atoms with E-state index in [2.05, 4.69) is 5.32 Å². The Morgan fingerprint density at radius 2 is 2.29 bits per heavy atom. The molecule has 92 valence electrons. The van der Waals surface area contributed by atoms with Gasteiger partial charge in [0.05, 0.1) is 18.1 Å². The average molecular weight is 242 g/mol. The maximum absolute atomic E-state index is 13.0. The van der Waals surface area contributed by atoms with Crippen LogP contribution in [-0.4, -0.2) is 35.4 Å².